The lowest BCUT2D eigenvalue weighted by Crippen LogP contribution is -2.08. The van der Waals surface area contributed by atoms with Gasteiger partial charge in [0.05, 0.1) is 0 Å². The smallest absolute Gasteiger partial charge is 0.119 e. The molecule has 13 heavy (non-hydrogen) atoms. The van der Waals surface area contributed by atoms with E-state index in [4.69, 9.17) is 5.73 Å². The highest BCUT2D eigenvalue weighted by molar-refractivity contribution is 8.93. The molecule has 1 aliphatic rings. The van der Waals surface area contributed by atoms with Crippen molar-refractivity contribution in [1.82, 2.24) is 0 Å². The molecule has 3 heteroatoms. The molecular formula is C10H14BrNO. The van der Waals surface area contributed by atoms with Crippen molar-refractivity contribution in [1.29, 1.82) is 0 Å². The molecule has 0 radical (unpaired) electrons. The van der Waals surface area contributed by atoms with Crippen molar-refractivity contribution in [3.05, 3.63) is 29.3 Å². The Labute approximate surface area is 88.5 Å². The van der Waals surface area contributed by atoms with Gasteiger partial charge in [0.1, 0.15) is 5.75 Å². The van der Waals surface area contributed by atoms with Gasteiger partial charge in [0.2, 0.25) is 0 Å². The van der Waals surface area contributed by atoms with Crippen molar-refractivity contribution in [3.63, 3.8) is 0 Å². The van der Waals surface area contributed by atoms with Crippen molar-refractivity contribution in [2.75, 3.05) is 6.54 Å². The van der Waals surface area contributed by atoms with Crippen LogP contribution in [-0.4, -0.2) is 11.7 Å². The van der Waals surface area contributed by atoms with Gasteiger partial charge in [-0.05, 0) is 42.5 Å². The van der Waals surface area contributed by atoms with E-state index in [2.05, 4.69) is 6.07 Å². The number of phenolic OH excluding ortho intramolecular Hbond substituents is 1. The van der Waals surface area contributed by atoms with Crippen LogP contribution < -0.4 is 5.73 Å². The van der Waals surface area contributed by atoms with Crippen LogP contribution in [0, 0.1) is 0 Å². The number of halogens is 1. The molecule has 2 nitrogen and oxygen atoms in total. The number of hydrogen-bond donors (Lipinski definition) is 2. The SMILES string of the molecule is Br.NCC1CCc2c(O)cccc21. The fourth-order valence-corrected chi connectivity index (χ4v) is 1.97. The number of aromatic hydroxyl groups is 1. The van der Waals surface area contributed by atoms with Gasteiger partial charge < -0.3 is 10.8 Å². The minimum atomic E-state index is 0. The van der Waals surface area contributed by atoms with E-state index in [1.807, 2.05) is 6.07 Å². The summed E-state index contributed by atoms with van der Waals surface area (Å²) < 4.78 is 0. The molecule has 0 saturated heterocycles. The van der Waals surface area contributed by atoms with Crippen LogP contribution in [0.25, 0.3) is 0 Å². The van der Waals surface area contributed by atoms with E-state index in [0.29, 0.717) is 18.2 Å². The fraction of sp³-hybridized carbons (Fsp3) is 0.400. The second kappa shape index (κ2) is 4.11. The third-order valence-electron chi connectivity index (χ3n) is 2.65. The minimum absolute atomic E-state index is 0. The summed E-state index contributed by atoms with van der Waals surface area (Å²) >= 11 is 0. The van der Waals surface area contributed by atoms with Gasteiger partial charge in [0, 0.05) is 0 Å². The largest absolute Gasteiger partial charge is 0.508 e. The number of benzene rings is 1. The summed E-state index contributed by atoms with van der Waals surface area (Å²) in [5.41, 5.74) is 7.97. The van der Waals surface area contributed by atoms with Crippen molar-refractivity contribution < 1.29 is 5.11 Å². The first-order chi connectivity index (χ1) is 5.83. The molecular weight excluding hydrogens is 230 g/mol. The third kappa shape index (κ3) is 1.71. The lowest BCUT2D eigenvalue weighted by molar-refractivity contribution is 0.469. The van der Waals surface area contributed by atoms with Gasteiger partial charge >= 0.3 is 0 Å². The lowest BCUT2D eigenvalue weighted by atomic mass is 10.0. The monoisotopic (exact) mass is 243 g/mol. The Morgan fingerprint density at radius 2 is 2.23 bits per heavy atom. The standard InChI is InChI=1S/C10H13NO.BrH/c11-6-7-4-5-9-8(7)2-1-3-10(9)12;/h1-3,7,12H,4-6,11H2;1H. The van der Waals surface area contributed by atoms with Crippen LogP contribution in [0.5, 0.6) is 5.75 Å². The van der Waals surface area contributed by atoms with E-state index < -0.39 is 0 Å². The number of fused-ring (bicyclic) bond motifs is 1. The highest BCUT2D eigenvalue weighted by Crippen LogP contribution is 2.36. The Balaban J connectivity index is 0.000000845. The van der Waals surface area contributed by atoms with E-state index in [9.17, 15) is 5.11 Å². The van der Waals surface area contributed by atoms with Crippen LogP contribution >= 0.6 is 17.0 Å². The van der Waals surface area contributed by atoms with E-state index in [-0.39, 0.29) is 17.0 Å². The van der Waals surface area contributed by atoms with Crippen LogP contribution in [-0.2, 0) is 6.42 Å². The molecule has 0 aliphatic heterocycles. The van der Waals surface area contributed by atoms with Gasteiger partial charge in [-0.15, -0.1) is 17.0 Å². The first kappa shape index (κ1) is 10.5. The van der Waals surface area contributed by atoms with Crippen LogP contribution in [0.1, 0.15) is 23.5 Å². The van der Waals surface area contributed by atoms with Crippen molar-refractivity contribution in [2.45, 2.75) is 18.8 Å². The Bertz CT molecular complexity index is 301. The average Bonchev–Trinajstić information content (AvgIpc) is 2.49. The normalized spacial score (nSPS) is 19.3. The molecule has 0 heterocycles. The molecule has 1 unspecified atom stereocenters. The summed E-state index contributed by atoms with van der Waals surface area (Å²) in [5, 5.41) is 9.50. The topological polar surface area (TPSA) is 46.2 Å². The maximum atomic E-state index is 9.50. The maximum Gasteiger partial charge on any atom is 0.119 e. The molecule has 0 amide bonds. The quantitative estimate of drug-likeness (QED) is 0.793. The zero-order valence-electron chi connectivity index (χ0n) is 7.36. The summed E-state index contributed by atoms with van der Waals surface area (Å²) in [6.45, 7) is 0.691. The van der Waals surface area contributed by atoms with Crippen LogP contribution in [0.3, 0.4) is 0 Å². The first-order valence-corrected chi connectivity index (χ1v) is 4.33. The summed E-state index contributed by atoms with van der Waals surface area (Å²) in [5.74, 6) is 0.899. The molecule has 3 N–H and O–H groups in total. The molecule has 0 spiro atoms. The predicted molar refractivity (Wildman–Crippen MR) is 58.5 cm³/mol. The van der Waals surface area contributed by atoms with Gasteiger partial charge in [-0.3, -0.25) is 0 Å². The van der Waals surface area contributed by atoms with Gasteiger partial charge in [0.25, 0.3) is 0 Å². The molecule has 1 aromatic carbocycles. The van der Waals surface area contributed by atoms with Crippen molar-refractivity contribution in [3.8, 4) is 5.75 Å². The highest BCUT2D eigenvalue weighted by atomic mass is 79.9. The number of phenols is 1. The van der Waals surface area contributed by atoms with Crippen molar-refractivity contribution in [2.24, 2.45) is 5.73 Å². The Morgan fingerprint density at radius 1 is 1.46 bits per heavy atom. The highest BCUT2D eigenvalue weighted by Gasteiger charge is 2.22. The molecule has 0 fully saturated rings. The summed E-state index contributed by atoms with van der Waals surface area (Å²) in [7, 11) is 0. The summed E-state index contributed by atoms with van der Waals surface area (Å²) in [4.78, 5) is 0. The molecule has 2 rings (SSSR count). The number of nitrogens with two attached hydrogens (primary N) is 1. The molecule has 1 aromatic rings. The van der Waals surface area contributed by atoms with Gasteiger partial charge in [-0.25, -0.2) is 0 Å². The minimum Gasteiger partial charge on any atom is -0.508 e. The van der Waals surface area contributed by atoms with Gasteiger partial charge in [-0.1, -0.05) is 12.1 Å². The number of hydrogen-bond acceptors (Lipinski definition) is 2. The summed E-state index contributed by atoms with van der Waals surface area (Å²) in [6, 6.07) is 5.71. The molecule has 1 aliphatic carbocycles. The second-order valence-corrected chi connectivity index (χ2v) is 3.32. The van der Waals surface area contributed by atoms with E-state index in [1.54, 1.807) is 6.07 Å². The second-order valence-electron chi connectivity index (χ2n) is 3.32. The van der Waals surface area contributed by atoms with Crippen molar-refractivity contribution >= 4 is 17.0 Å². The van der Waals surface area contributed by atoms with E-state index in [1.165, 1.54) is 5.56 Å². The third-order valence-corrected chi connectivity index (χ3v) is 2.65. The molecule has 0 aromatic heterocycles. The van der Waals surface area contributed by atoms with Gasteiger partial charge in [-0.2, -0.15) is 0 Å². The maximum absolute atomic E-state index is 9.50. The lowest BCUT2D eigenvalue weighted by Gasteiger charge is -2.07. The predicted octanol–water partition coefficient (Wildman–Crippen LogP) is 1.96. The van der Waals surface area contributed by atoms with E-state index >= 15 is 0 Å². The van der Waals surface area contributed by atoms with E-state index in [0.717, 1.165) is 18.4 Å². The molecule has 72 valence electrons. The summed E-state index contributed by atoms with van der Waals surface area (Å²) in [6.07, 6.45) is 2.06. The number of rotatable bonds is 1. The molecule has 1 atom stereocenters. The molecule has 0 bridgehead atoms. The average molecular weight is 244 g/mol. The zero-order chi connectivity index (χ0) is 8.55. The zero-order valence-corrected chi connectivity index (χ0v) is 9.08. The Morgan fingerprint density at radius 3 is 2.92 bits per heavy atom. The van der Waals surface area contributed by atoms with Crippen LogP contribution in [0.15, 0.2) is 18.2 Å². The first-order valence-electron chi connectivity index (χ1n) is 4.33. The Hall–Kier alpha value is -0.540. The Kier molecular flexibility index (Phi) is 3.33. The van der Waals surface area contributed by atoms with Crippen LogP contribution in [0.4, 0.5) is 0 Å². The van der Waals surface area contributed by atoms with Crippen LogP contribution in [0.2, 0.25) is 0 Å². The van der Waals surface area contributed by atoms with Gasteiger partial charge in [0.15, 0.2) is 0 Å². The fourth-order valence-electron chi connectivity index (χ4n) is 1.97. The molecule has 0 saturated carbocycles.